The van der Waals surface area contributed by atoms with Gasteiger partial charge < -0.3 is 4.57 Å². The highest BCUT2D eigenvalue weighted by atomic mass is 16.2. The number of fused-ring (bicyclic) bond motifs is 1. The van der Waals surface area contributed by atoms with E-state index in [-0.39, 0.29) is 17.7 Å². The molecule has 3 aromatic rings. The van der Waals surface area contributed by atoms with E-state index in [2.05, 4.69) is 15.8 Å². The number of benzene rings is 1. The third kappa shape index (κ3) is 4.69. The first-order valence-electron chi connectivity index (χ1n) is 10.4. The number of allylic oxidation sites excluding steroid dienone is 1. The summed E-state index contributed by atoms with van der Waals surface area (Å²) < 4.78 is 3.86. The Balaban J connectivity index is 1.97. The molecule has 0 atom stereocenters. The molecule has 0 unspecified atom stereocenters. The summed E-state index contributed by atoms with van der Waals surface area (Å²) in [5.41, 5.74) is 5.07. The Kier molecular flexibility index (Phi) is 7.04. The Hall–Kier alpha value is -3.95. The fourth-order valence-electron chi connectivity index (χ4n) is 3.33. The number of aryl methyl sites for hydroxylation is 1. The predicted octanol–water partition coefficient (Wildman–Crippen LogP) is 0.932. The highest BCUT2D eigenvalue weighted by Gasteiger charge is 2.19. The van der Waals surface area contributed by atoms with Crippen molar-refractivity contribution in [1.29, 1.82) is 0 Å². The van der Waals surface area contributed by atoms with E-state index < -0.39 is 29.6 Å². The van der Waals surface area contributed by atoms with Crippen molar-refractivity contribution in [2.24, 2.45) is 0 Å². The topological polar surface area (TPSA) is 120 Å². The lowest BCUT2D eigenvalue weighted by Gasteiger charge is -2.13. The summed E-state index contributed by atoms with van der Waals surface area (Å²) in [5.74, 6) is -1.16. The largest absolute Gasteiger partial charge is 0.333 e. The highest BCUT2D eigenvalue weighted by molar-refractivity contribution is 5.94. The van der Waals surface area contributed by atoms with Crippen molar-refractivity contribution in [3.05, 3.63) is 74.7 Å². The summed E-state index contributed by atoms with van der Waals surface area (Å²) in [6, 6.07) is 9.29. The number of aromatic nitrogens is 4. The number of carbonyl (C=O) groups is 2. The average Bonchev–Trinajstić information content (AvgIpc) is 3.23. The molecule has 10 nitrogen and oxygen atoms in total. The van der Waals surface area contributed by atoms with Gasteiger partial charge in [0.2, 0.25) is 0 Å². The molecule has 10 heteroatoms. The number of amides is 2. The van der Waals surface area contributed by atoms with E-state index in [0.29, 0.717) is 18.5 Å². The van der Waals surface area contributed by atoms with Gasteiger partial charge in [0.25, 0.3) is 17.4 Å². The van der Waals surface area contributed by atoms with Crippen molar-refractivity contribution in [3.8, 4) is 0 Å². The van der Waals surface area contributed by atoms with Crippen LogP contribution < -0.4 is 22.1 Å². The number of hydrogen-bond acceptors (Lipinski definition) is 5. The van der Waals surface area contributed by atoms with Crippen LogP contribution in [0.25, 0.3) is 11.2 Å². The molecule has 2 amide bonds. The molecule has 0 aliphatic heterocycles. The Morgan fingerprint density at radius 2 is 1.78 bits per heavy atom. The molecule has 0 fully saturated rings. The van der Waals surface area contributed by atoms with E-state index >= 15 is 0 Å². The molecule has 0 spiro atoms. The normalized spacial score (nSPS) is 11.5. The summed E-state index contributed by atoms with van der Waals surface area (Å²) in [4.78, 5) is 54.9. The number of carbonyl (C=O) groups excluding carboxylic acids is 2. The summed E-state index contributed by atoms with van der Waals surface area (Å²) in [7, 11) is 0. The molecular weight excluding hydrogens is 412 g/mol. The number of nitrogens with zero attached hydrogens (tertiary/aromatic N) is 4. The van der Waals surface area contributed by atoms with Crippen LogP contribution in [0.15, 0.2) is 57.9 Å². The third-order valence-corrected chi connectivity index (χ3v) is 4.99. The summed E-state index contributed by atoms with van der Waals surface area (Å²) in [5, 5.41) is 0. The van der Waals surface area contributed by atoms with Crippen LogP contribution >= 0.6 is 0 Å². The lowest BCUT2D eigenvalue weighted by molar-refractivity contribution is -0.127. The molecule has 168 valence electrons. The number of imidazole rings is 1. The van der Waals surface area contributed by atoms with E-state index in [1.807, 2.05) is 44.2 Å². The Bertz CT molecular complexity index is 1280. The second kappa shape index (κ2) is 9.90. The molecule has 1 aromatic carbocycles. The zero-order chi connectivity index (χ0) is 23.3. The van der Waals surface area contributed by atoms with Crippen molar-refractivity contribution in [1.82, 2.24) is 29.5 Å². The van der Waals surface area contributed by atoms with E-state index in [9.17, 15) is 19.2 Å². The fraction of sp³-hybridized carbons (Fsp3) is 0.318. The highest BCUT2D eigenvalue weighted by Crippen LogP contribution is 2.09. The molecule has 0 aliphatic rings. The maximum absolute atomic E-state index is 13.2. The Labute approximate surface area is 184 Å². The van der Waals surface area contributed by atoms with Crippen LogP contribution in [0.1, 0.15) is 32.8 Å². The molecule has 32 heavy (non-hydrogen) atoms. The minimum Gasteiger partial charge on any atom is -0.325 e. The standard InChI is InChI=1S/C22H26N6O4/c1-4-9-15(3)20(30)25-24-17(29)13-28-21(31)18-19(23-14-26(18)5-2)27(22(28)32)12-16-10-7-6-8-11-16/h6-11,14H,4-5,12-13H2,1-3H3,(H,24,29)(H,25,30)/b15-9-. The fourth-order valence-corrected chi connectivity index (χ4v) is 3.33. The second-order valence-electron chi connectivity index (χ2n) is 7.25. The molecular formula is C22H26N6O4. The van der Waals surface area contributed by atoms with E-state index in [1.165, 1.54) is 10.9 Å². The van der Waals surface area contributed by atoms with Gasteiger partial charge in [0.1, 0.15) is 6.54 Å². The average molecular weight is 438 g/mol. The molecule has 2 heterocycles. The number of nitrogens with one attached hydrogen (secondary N) is 2. The van der Waals surface area contributed by atoms with Gasteiger partial charge in [0, 0.05) is 12.1 Å². The van der Waals surface area contributed by atoms with Gasteiger partial charge in [-0.3, -0.25) is 29.8 Å². The van der Waals surface area contributed by atoms with Gasteiger partial charge >= 0.3 is 5.69 Å². The maximum Gasteiger partial charge on any atom is 0.333 e. The minimum absolute atomic E-state index is 0.191. The molecule has 2 N–H and O–H groups in total. The predicted molar refractivity (Wildman–Crippen MR) is 120 cm³/mol. The SMILES string of the molecule is CC/C=C(/C)C(=O)NNC(=O)Cn1c(=O)c2c(ncn2CC)n(Cc2ccccc2)c1=O. The Morgan fingerprint density at radius 1 is 1.06 bits per heavy atom. The monoisotopic (exact) mass is 438 g/mol. The van der Waals surface area contributed by atoms with Crippen molar-refractivity contribution in [2.75, 3.05) is 0 Å². The van der Waals surface area contributed by atoms with E-state index in [0.717, 1.165) is 10.1 Å². The van der Waals surface area contributed by atoms with Gasteiger partial charge in [0.05, 0.1) is 12.9 Å². The smallest absolute Gasteiger partial charge is 0.325 e. The lowest BCUT2D eigenvalue weighted by atomic mass is 10.2. The molecule has 0 radical (unpaired) electrons. The number of hydrogen-bond donors (Lipinski definition) is 2. The molecule has 2 aromatic heterocycles. The summed E-state index contributed by atoms with van der Waals surface area (Å²) in [6.45, 7) is 5.48. The van der Waals surface area contributed by atoms with Gasteiger partial charge in [-0.25, -0.2) is 14.3 Å². The van der Waals surface area contributed by atoms with Gasteiger partial charge in [-0.05, 0) is 25.8 Å². The zero-order valence-corrected chi connectivity index (χ0v) is 18.3. The van der Waals surface area contributed by atoms with Gasteiger partial charge in [-0.1, -0.05) is 43.3 Å². The molecule has 0 saturated heterocycles. The van der Waals surface area contributed by atoms with E-state index in [4.69, 9.17) is 0 Å². The Morgan fingerprint density at radius 3 is 2.44 bits per heavy atom. The molecule has 0 bridgehead atoms. The van der Waals surface area contributed by atoms with Crippen LogP contribution in [0.4, 0.5) is 0 Å². The number of hydrazine groups is 1. The molecule has 0 saturated carbocycles. The van der Waals surface area contributed by atoms with Crippen molar-refractivity contribution >= 4 is 23.0 Å². The number of rotatable bonds is 7. The first-order chi connectivity index (χ1) is 15.4. The first-order valence-corrected chi connectivity index (χ1v) is 10.4. The zero-order valence-electron chi connectivity index (χ0n) is 18.3. The van der Waals surface area contributed by atoms with Gasteiger partial charge in [-0.2, -0.15) is 0 Å². The van der Waals surface area contributed by atoms with Crippen LogP contribution in [0.3, 0.4) is 0 Å². The quantitative estimate of drug-likeness (QED) is 0.420. The van der Waals surface area contributed by atoms with Gasteiger partial charge in [-0.15, -0.1) is 0 Å². The van der Waals surface area contributed by atoms with Gasteiger partial charge in [0.15, 0.2) is 11.2 Å². The van der Waals surface area contributed by atoms with Crippen molar-refractivity contribution < 1.29 is 9.59 Å². The van der Waals surface area contributed by atoms with E-state index in [1.54, 1.807) is 17.6 Å². The van der Waals surface area contributed by atoms with Crippen LogP contribution in [0.2, 0.25) is 0 Å². The third-order valence-electron chi connectivity index (χ3n) is 4.99. The van der Waals surface area contributed by atoms with Crippen LogP contribution in [0.5, 0.6) is 0 Å². The summed E-state index contributed by atoms with van der Waals surface area (Å²) >= 11 is 0. The minimum atomic E-state index is -0.699. The summed E-state index contributed by atoms with van der Waals surface area (Å²) in [6.07, 6.45) is 3.89. The second-order valence-corrected chi connectivity index (χ2v) is 7.25. The molecule has 0 aliphatic carbocycles. The first kappa shape index (κ1) is 22.7. The van der Waals surface area contributed by atoms with Crippen molar-refractivity contribution in [3.63, 3.8) is 0 Å². The van der Waals surface area contributed by atoms with Crippen LogP contribution in [0, 0.1) is 0 Å². The molecule has 3 rings (SSSR count). The van der Waals surface area contributed by atoms with Crippen molar-refractivity contribution in [2.45, 2.75) is 46.8 Å². The maximum atomic E-state index is 13.2. The van der Waals surface area contributed by atoms with Crippen LogP contribution in [-0.4, -0.2) is 30.5 Å². The lowest BCUT2D eigenvalue weighted by Crippen LogP contribution is -2.48. The van der Waals surface area contributed by atoms with Crippen LogP contribution in [-0.2, 0) is 29.2 Å².